The Labute approximate surface area is 114 Å². The van der Waals surface area contributed by atoms with Crippen LogP contribution in [0.3, 0.4) is 0 Å². The van der Waals surface area contributed by atoms with Gasteiger partial charge in [0, 0.05) is 32.6 Å². The van der Waals surface area contributed by atoms with Gasteiger partial charge in [-0.15, -0.1) is 10.2 Å². The van der Waals surface area contributed by atoms with Crippen molar-refractivity contribution in [3.63, 3.8) is 0 Å². The number of nitro groups is 1. The highest BCUT2D eigenvalue weighted by Gasteiger charge is 2.21. The van der Waals surface area contributed by atoms with Crippen molar-refractivity contribution in [3.8, 4) is 0 Å². The van der Waals surface area contributed by atoms with Gasteiger partial charge in [-0.1, -0.05) is 12.1 Å². The summed E-state index contributed by atoms with van der Waals surface area (Å²) in [5.41, 5.74) is 6.24. The molecule has 0 aromatic heterocycles. The number of nitro benzene ring substituents is 1. The molecule has 106 valence electrons. The molecule has 0 fully saturated rings. The molecule has 9 nitrogen and oxygen atoms in total. The molecule has 0 atom stereocenters. The van der Waals surface area contributed by atoms with Gasteiger partial charge in [-0.2, -0.15) is 5.53 Å². The molecule has 0 radical (unpaired) electrons. The summed E-state index contributed by atoms with van der Waals surface area (Å²) < 4.78 is 0. The lowest BCUT2D eigenvalue weighted by Gasteiger charge is -2.19. The topological polar surface area (TPSA) is 103 Å². The molecule has 1 heterocycles. The number of benzene rings is 1. The van der Waals surface area contributed by atoms with Gasteiger partial charge >= 0.3 is 6.03 Å². The van der Waals surface area contributed by atoms with Gasteiger partial charge in [0.15, 0.2) is 0 Å². The molecule has 2 rings (SSSR count). The van der Waals surface area contributed by atoms with Gasteiger partial charge in [-0.25, -0.2) is 4.79 Å². The summed E-state index contributed by atoms with van der Waals surface area (Å²) >= 11 is 0. The first-order chi connectivity index (χ1) is 9.47. The van der Waals surface area contributed by atoms with Crippen LogP contribution in [0.1, 0.15) is 5.56 Å². The van der Waals surface area contributed by atoms with E-state index < -0.39 is 4.92 Å². The van der Waals surface area contributed by atoms with E-state index in [2.05, 4.69) is 16.1 Å². The molecular formula is C11H14N6O3. The third-order valence-corrected chi connectivity index (χ3v) is 2.62. The quantitative estimate of drug-likeness (QED) is 0.617. The Kier molecular flexibility index (Phi) is 3.69. The maximum atomic E-state index is 11.6. The number of non-ortho nitro benzene ring substituents is 1. The van der Waals surface area contributed by atoms with E-state index in [1.54, 1.807) is 26.2 Å². The van der Waals surface area contributed by atoms with Crippen molar-refractivity contribution in [2.45, 2.75) is 6.42 Å². The van der Waals surface area contributed by atoms with Gasteiger partial charge < -0.3 is 4.90 Å². The first-order valence-electron chi connectivity index (χ1n) is 5.81. The van der Waals surface area contributed by atoms with Crippen molar-refractivity contribution in [1.29, 1.82) is 0 Å². The first-order valence-corrected chi connectivity index (χ1v) is 5.81. The zero-order valence-corrected chi connectivity index (χ0v) is 11.0. The van der Waals surface area contributed by atoms with Crippen molar-refractivity contribution >= 4 is 17.6 Å². The average molecular weight is 278 g/mol. The van der Waals surface area contributed by atoms with Crippen molar-refractivity contribution in [2.75, 3.05) is 14.1 Å². The molecule has 9 heteroatoms. The lowest BCUT2D eigenvalue weighted by molar-refractivity contribution is -0.384. The van der Waals surface area contributed by atoms with E-state index in [1.807, 2.05) is 0 Å². The van der Waals surface area contributed by atoms with Crippen LogP contribution in [0.5, 0.6) is 0 Å². The van der Waals surface area contributed by atoms with Crippen LogP contribution in [-0.4, -0.2) is 40.9 Å². The first kappa shape index (κ1) is 13.6. The lowest BCUT2D eigenvalue weighted by Crippen LogP contribution is -2.50. The summed E-state index contributed by atoms with van der Waals surface area (Å²) in [5, 5.41) is 15.7. The minimum atomic E-state index is -0.450. The van der Waals surface area contributed by atoms with E-state index >= 15 is 0 Å². The number of carbonyl (C=O) groups is 1. The van der Waals surface area contributed by atoms with E-state index in [-0.39, 0.29) is 11.7 Å². The monoisotopic (exact) mass is 278 g/mol. The smallest absolute Gasteiger partial charge is 0.328 e. The molecule has 0 saturated carbocycles. The maximum Gasteiger partial charge on any atom is 0.359 e. The highest BCUT2D eigenvalue weighted by molar-refractivity contribution is 5.88. The molecular weight excluding hydrogens is 264 g/mol. The Balaban J connectivity index is 1.95. The SMILES string of the molecule is CN(C)C(=O)N1NN=C(Cc2ccc([N+](=O)[O-])cc2)N1. The highest BCUT2D eigenvalue weighted by atomic mass is 16.6. The zero-order chi connectivity index (χ0) is 14.7. The fourth-order valence-corrected chi connectivity index (χ4v) is 1.59. The summed E-state index contributed by atoms with van der Waals surface area (Å²) in [4.78, 5) is 23.1. The summed E-state index contributed by atoms with van der Waals surface area (Å²) in [7, 11) is 3.25. The number of nitrogens with zero attached hydrogens (tertiary/aromatic N) is 4. The molecule has 1 aliphatic heterocycles. The molecule has 1 aliphatic rings. The minimum absolute atomic E-state index is 0.0395. The molecule has 0 unspecified atom stereocenters. The van der Waals surface area contributed by atoms with Gasteiger partial charge in [0.05, 0.1) is 4.92 Å². The Bertz CT molecular complexity index is 554. The van der Waals surface area contributed by atoms with E-state index in [4.69, 9.17) is 0 Å². The van der Waals surface area contributed by atoms with Gasteiger partial charge in [-0.3, -0.25) is 15.5 Å². The van der Waals surface area contributed by atoms with Crippen LogP contribution in [0.2, 0.25) is 0 Å². The minimum Gasteiger partial charge on any atom is -0.328 e. The Morgan fingerprint density at radius 1 is 1.40 bits per heavy atom. The Hall–Kier alpha value is -2.84. The van der Waals surface area contributed by atoms with Crippen LogP contribution < -0.4 is 11.0 Å². The van der Waals surface area contributed by atoms with Gasteiger partial charge in [-0.05, 0) is 5.56 Å². The fourth-order valence-electron chi connectivity index (χ4n) is 1.59. The number of amidine groups is 1. The number of urea groups is 1. The zero-order valence-electron chi connectivity index (χ0n) is 11.0. The van der Waals surface area contributed by atoms with Crippen LogP contribution in [0.15, 0.2) is 29.4 Å². The number of hydrogen-bond acceptors (Lipinski definition) is 6. The molecule has 0 saturated heterocycles. The van der Waals surface area contributed by atoms with Gasteiger partial charge in [0.2, 0.25) is 0 Å². The molecule has 20 heavy (non-hydrogen) atoms. The van der Waals surface area contributed by atoms with E-state index in [0.29, 0.717) is 12.3 Å². The molecule has 0 spiro atoms. The molecule has 0 bridgehead atoms. The Morgan fingerprint density at radius 2 is 2.05 bits per heavy atom. The normalized spacial score (nSPS) is 13.3. The molecule has 1 aromatic carbocycles. The van der Waals surface area contributed by atoms with E-state index in [1.165, 1.54) is 17.0 Å². The summed E-state index contributed by atoms with van der Waals surface area (Å²) in [6.07, 6.45) is 0.433. The maximum absolute atomic E-state index is 11.6. The fraction of sp³-hybridized carbons (Fsp3) is 0.273. The second-order valence-corrected chi connectivity index (χ2v) is 4.38. The molecule has 2 N–H and O–H groups in total. The van der Waals surface area contributed by atoms with Crippen LogP contribution in [0, 0.1) is 10.1 Å². The highest BCUT2D eigenvalue weighted by Crippen LogP contribution is 2.12. The second-order valence-electron chi connectivity index (χ2n) is 4.38. The number of carbonyl (C=O) groups excluding carboxylic acids is 1. The summed E-state index contributed by atoms with van der Waals surface area (Å²) in [5.74, 6) is 0.550. The molecule has 1 aromatic rings. The van der Waals surface area contributed by atoms with Gasteiger partial charge in [0.1, 0.15) is 5.84 Å². The van der Waals surface area contributed by atoms with E-state index in [0.717, 1.165) is 10.7 Å². The number of hydrogen-bond donors (Lipinski definition) is 2. The molecule has 0 aliphatic carbocycles. The van der Waals surface area contributed by atoms with Crippen molar-refractivity contribution in [3.05, 3.63) is 39.9 Å². The standard InChI is InChI=1S/C11H14N6O3/c1-15(2)11(18)16-13-10(12-14-16)7-8-3-5-9(6-4-8)17(19)20/h3-6,14H,7H2,1-2H3,(H,12,13). The lowest BCUT2D eigenvalue weighted by atomic mass is 10.1. The van der Waals surface area contributed by atoms with Crippen LogP contribution in [0.4, 0.5) is 10.5 Å². The van der Waals surface area contributed by atoms with E-state index in [9.17, 15) is 14.9 Å². The largest absolute Gasteiger partial charge is 0.359 e. The third-order valence-electron chi connectivity index (χ3n) is 2.62. The number of rotatable bonds is 3. The van der Waals surface area contributed by atoms with Crippen molar-refractivity contribution < 1.29 is 9.72 Å². The third kappa shape index (κ3) is 2.94. The molecule has 2 amide bonds. The number of hydrazone groups is 1. The Morgan fingerprint density at radius 3 is 2.60 bits per heavy atom. The predicted octanol–water partition coefficient (Wildman–Crippen LogP) is 0.457. The second kappa shape index (κ2) is 5.43. The van der Waals surface area contributed by atoms with Crippen LogP contribution in [0.25, 0.3) is 0 Å². The summed E-state index contributed by atoms with van der Waals surface area (Å²) in [6.45, 7) is 0. The number of nitrogens with one attached hydrogen (secondary N) is 2. The summed E-state index contributed by atoms with van der Waals surface area (Å²) in [6, 6.07) is 5.88. The van der Waals surface area contributed by atoms with Crippen molar-refractivity contribution in [1.82, 2.24) is 21.0 Å². The van der Waals surface area contributed by atoms with Gasteiger partial charge in [0.25, 0.3) is 5.69 Å². The predicted molar refractivity (Wildman–Crippen MR) is 71.4 cm³/mol. The number of amides is 2. The van der Waals surface area contributed by atoms with Crippen LogP contribution >= 0.6 is 0 Å². The average Bonchev–Trinajstić information content (AvgIpc) is 2.86. The van der Waals surface area contributed by atoms with Crippen molar-refractivity contribution in [2.24, 2.45) is 5.10 Å². The number of hydrazine groups is 2. The van der Waals surface area contributed by atoms with Crippen LogP contribution in [-0.2, 0) is 6.42 Å².